The van der Waals surface area contributed by atoms with E-state index >= 15 is 0 Å². The van der Waals surface area contributed by atoms with Crippen LogP contribution in [0, 0.1) is 0 Å². The molecule has 21 heavy (non-hydrogen) atoms. The number of ether oxygens (including phenoxy) is 1. The van der Waals surface area contributed by atoms with Crippen molar-refractivity contribution in [2.45, 2.75) is 51.1 Å². The monoisotopic (exact) mass is 289 g/mol. The van der Waals surface area contributed by atoms with Gasteiger partial charge in [0.25, 0.3) is 0 Å². The molecule has 1 saturated heterocycles. The molecule has 0 aliphatic carbocycles. The topological polar surface area (TPSA) is 49.8 Å². The minimum atomic E-state index is -0.662. The number of hydrogen-bond donors (Lipinski definition) is 1. The second-order valence-corrected chi connectivity index (χ2v) is 6.15. The van der Waals surface area contributed by atoms with Crippen LogP contribution in [0.2, 0.25) is 0 Å². The third kappa shape index (κ3) is 2.53. The van der Waals surface area contributed by atoms with Gasteiger partial charge in [-0.25, -0.2) is 0 Å². The Bertz CT molecular complexity index is 543. The highest BCUT2D eigenvalue weighted by Gasteiger charge is 2.46. The van der Waals surface area contributed by atoms with Crippen LogP contribution in [0.5, 0.6) is 5.75 Å². The SMILES string of the molecule is CCCC1(C(=O)O)CCCN1Cc1ccc2c(c1)CCO2. The molecule has 1 N–H and O–H groups in total. The minimum Gasteiger partial charge on any atom is -0.493 e. The van der Waals surface area contributed by atoms with E-state index in [2.05, 4.69) is 24.0 Å². The predicted molar refractivity (Wildman–Crippen MR) is 80.6 cm³/mol. The van der Waals surface area contributed by atoms with Crippen molar-refractivity contribution < 1.29 is 14.6 Å². The van der Waals surface area contributed by atoms with E-state index in [-0.39, 0.29) is 0 Å². The lowest BCUT2D eigenvalue weighted by atomic mass is 9.90. The van der Waals surface area contributed by atoms with Crippen molar-refractivity contribution in [3.8, 4) is 5.75 Å². The molecule has 1 fully saturated rings. The van der Waals surface area contributed by atoms with Crippen LogP contribution in [0.3, 0.4) is 0 Å². The van der Waals surface area contributed by atoms with Crippen molar-refractivity contribution in [2.75, 3.05) is 13.2 Å². The Labute approximate surface area is 125 Å². The molecule has 1 aromatic carbocycles. The molecular formula is C17H23NO3. The first kappa shape index (κ1) is 14.4. The van der Waals surface area contributed by atoms with Crippen LogP contribution in [-0.2, 0) is 17.8 Å². The molecule has 1 aromatic rings. The zero-order valence-electron chi connectivity index (χ0n) is 12.6. The quantitative estimate of drug-likeness (QED) is 0.905. The molecule has 0 amide bonds. The van der Waals surface area contributed by atoms with Gasteiger partial charge in [0.05, 0.1) is 6.61 Å². The van der Waals surface area contributed by atoms with Crippen LogP contribution < -0.4 is 4.74 Å². The molecule has 114 valence electrons. The Morgan fingerprint density at radius 2 is 2.33 bits per heavy atom. The molecular weight excluding hydrogens is 266 g/mol. The summed E-state index contributed by atoms with van der Waals surface area (Å²) in [5.41, 5.74) is 1.79. The van der Waals surface area contributed by atoms with Crippen LogP contribution in [-0.4, -0.2) is 34.7 Å². The van der Waals surface area contributed by atoms with Crippen molar-refractivity contribution >= 4 is 5.97 Å². The number of likely N-dealkylation sites (tertiary alicyclic amines) is 1. The highest BCUT2D eigenvalue weighted by atomic mass is 16.5. The van der Waals surface area contributed by atoms with Gasteiger partial charge >= 0.3 is 5.97 Å². The summed E-state index contributed by atoms with van der Waals surface area (Å²) in [4.78, 5) is 14.0. The van der Waals surface area contributed by atoms with Crippen LogP contribution >= 0.6 is 0 Å². The van der Waals surface area contributed by atoms with E-state index in [0.717, 1.165) is 57.6 Å². The normalized spacial score (nSPS) is 24.8. The molecule has 2 aliphatic rings. The van der Waals surface area contributed by atoms with Gasteiger partial charge in [-0.2, -0.15) is 0 Å². The first-order chi connectivity index (χ1) is 10.2. The van der Waals surface area contributed by atoms with Gasteiger partial charge in [0.1, 0.15) is 11.3 Å². The lowest BCUT2D eigenvalue weighted by Gasteiger charge is -2.34. The van der Waals surface area contributed by atoms with Crippen LogP contribution in [0.25, 0.3) is 0 Å². The highest BCUT2D eigenvalue weighted by Crippen LogP contribution is 2.36. The lowest BCUT2D eigenvalue weighted by molar-refractivity contribution is -0.150. The molecule has 3 rings (SSSR count). The summed E-state index contributed by atoms with van der Waals surface area (Å²) < 4.78 is 5.53. The summed E-state index contributed by atoms with van der Waals surface area (Å²) in [6.45, 7) is 4.42. The summed E-state index contributed by atoms with van der Waals surface area (Å²) in [7, 11) is 0. The van der Waals surface area contributed by atoms with Crippen molar-refractivity contribution in [3.05, 3.63) is 29.3 Å². The Morgan fingerprint density at radius 3 is 3.10 bits per heavy atom. The Morgan fingerprint density at radius 1 is 1.48 bits per heavy atom. The molecule has 0 saturated carbocycles. The van der Waals surface area contributed by atoms with Gasteiger partial charge in [-0.3, -0.25) is 9.69 Å². The van der Waals surface area contributed by atoms with Gasteiger partial charge < -0.3 is 9.84 Å². The average Bonchev–Trinajstić information content (AvgIpc) is 3.07. The van der Waals surface area contributed by atoms with Crippen LogP contribution in [0.4, 0.5) is 0 Å². The maximum absolute atomic E-state index is 11.8. The summed E-state index contributed by atoms with van der Waals surface area (Å²) in [5.74, 6) is 0.324. The Hall–Kier alpha value is -1.55. The lowest BCUT2D eigenvalue weighted by Crippen LogP contribution is -2.49. The van der Waals surface area contributed by atoms with Crippen molar-refractivity contribution in [3.63, 3.8) is 0 Å². The standard InChI is InChI=1S/C17H23NO3/c1-2-7-17(16(19)20)8-3-9-18(17)12-13-4-5-15-14(11-13)6-10-21-15/h4-5,11H,2-3,6-10,12H2,1H3,(H,19,20). The van der Waals surface area contributed by atoms with E-state index < -0.39 is 11.5 Å². The molecule has 0 radical (unpaired) electrons. The van der Waals surface area contributed by atoms with Gasteiger partial charge in [-0.05, 0) is 43.0 Å². The number of benzene rings is 1. The molecule has 0 aromatic heterocycles. The molecule has 4 nitrogen and oxygen atoms in total. The number of carbonyl (C=O) groups is 1. The molecule has 2 aliphatic heterocycles. The molecule has 4 heteroatoms. The Balaban J connectivity index is 1.81. The van der Waals surface area contributed by atoms with Gasteiger partial charge in [0.2, 0.25) is 0 Å². The third-order valence-corrected chi connectivity index (χ3v) is 4.81. The van der Waals surface area contributed by atoms with E-state index in [1.807, 2.05) is 6.07 Å². The van der Waals surface area contributed by atoms with Crippen molar-refractivity contribution in [1.82, 2.24) is 4.90 Å². The Kier molecular flexibility index (Phi) is 3.89. The van der Waals surface area contributed by atoms with E-state index in [0.29, 0.717) is 0 Å². The summed E-state index contributed by atoms with van der Waals surface area (Å²) in [5, 5.41) is 9.74. The number of rotatable bonds is 5. The van der Waals surface area contributed by atoms with E-state index in [1.54, 1.807) is 0 Å². The van der Waals surface area contributed by atoms with E-state index in [9.17, 15) is 9.90 Å². The fourth-order valence-corrected chi connectivity index (χ4v) is 3.77. The first-order valence-corrected chi connectivity index (χ1v) is 7.89. The van der Waals surface area contributed by atoms with Crippen LogP contribution in [0.1, 0.15) is 43.7 Å². The smallest absolute Gasteiger partial charge is 0.324 e. The van der Waals surface area contributed by atoms with Gasteiger partial charge in [0.15, 0.2) is 0 Å². The van der Waals surface area contributed by atoms with Crippen LogP contribution in [0.15, 0.2) is 18.2 Å². The summed E-state index contributed by atoms with van der Waals surface area (Å²) in [6.07, 6.45) is 4.34. The summed E-state index contributed by atoms with van der Waals surface area (Å²) >= 11 is 0. The van der Waals surface area contributed by atoms with E-state index in [4.69, 9.17) is 4.74 Å². The number of carboxylic acids is 1. The largest absolute Gasteiger partial charge is 0.493 e. The minimum absolute atomic E-state index is 0.661. The molecule has 0 spiro atoms. The maximum Gasteiger partial charge on any atom is 0.324 e. The number of fused-ring (bicyclic) bond motifs is 1. The zero-order chi connectivity index (χ0) is 14.9. The van der Waals surface area contributed by atoms with Crippen molar-refractivity contribution in [1.29, 1.82) is 0 Å². The average molecular weight is 289 g/mol. The predicted octanol–water partition coefficient (Wildman–Crippen LogP) is 2.84. The number of nitrogens with zero attached hydrogens (tertiary/aromatic N) is 1. The zero-order valence-corrected chi connectivity index (χ0v) is 12.6. The fraction of sp³-hybridized carbons (Fsp3) is 0.588. The number of aliphatic carboxylic acids is 1. The molecule has 2 heterocycles. The molecule has 0 bridgehead atoms. The first-order valence-electron chi connectivity index (χ1n) is 7.89. The maximum atomic E-state index is 11.8. The molecule has 1 unspecified atom stereocenters. The second-order valence-electron chi connectivity index (χ2n) is 6.15. The summed E-state index contributed by atoms with van der Waals surface area (Å²) in [6, 6.07) is 6.27. The molecule has 1 atom stereocenters. The number of hydrogen-bond acceptors (Lipinski definition) is 3. The van der Waals surface area contributed by atoms with Gasteiger partial charge in [-0.1, -0.05) is 25.5 Å². The second kappa shape index (κ2) is 5.68. The fourth-order valence-electron chi connectivity index (χ4n) is 3.77. The van der Waals surface area contributed by atoms with Gasteiger partial charge in [0, 0.05) is 13.0 Å². The third-order valence-electron chi connectivity index (χ3n) is 4.81. The highest BCUT2D eigenvalue weighted by molar-refractivity contribution is 5.79. The van der Waals surface area contributed by atoms with E-state index in [1.165, 1.54) is 11.1 Å². The number of carboxylic acid groups (broad SMARTS) is 1. The van der Waals surface area contributed by atoms with Crippen molar-refractivity contribution in [2.24, 2.45) is 0 Å². The van der Waals surface area contributed by atoms with Gasteiger partial charge in [-0.15, -0.1) is 0 Å².